The van der Waals surface area contributed by atoms with Crippen LogP contribution in [0.4, 0.5) is 11.6 Å². The Kier molecular flexibility index (Phi) is 6.10. The minimum atomic E-state index is -3.67. The summed E-state index contributed by atoms with van der Waals surface area (Å²) in [6.07, 6.45) is 0.982. The lowest BCUT2D eigenvalue weighted by molar-refractivity contribution is 0.405. The molecule has 8 heteroatoms. The maximum absolute atomic E-state index is 12.4. The zero-order valence-corrected chi connectivity index (χ0v) is 15.0. The molecule has 1 aromatic heterocycles. The van der Waals surface area contributed by atoms with E-state index in [2.05, 4.69) is 25.1 Å². The molecule has 0 fully saturated rings. The molecule has 0 bridgehead atoms. The number of rotatable bonds is 8. The Bertz CT molecular complexity index is 760. The highest BCUT2D eigenvalue weighted by molar-refractivity contribution is 7.92. The van der Waals surface area contributed by atoms with Crippen LogP contribution in [-0.2, 0) is 10.0 Å². The van der Waals surface area contributed by atoms with E-state index in [1.807, 2.05) is 14.1 Å². The van der Waals surface area contributed by atoms with E-state index < -0.39 is 10.0 Å². The maximum Gasteiger partial charge on any atom is 0.263 e. The molecule has 24 heavy (non-hydrogen) atoms. The fourth-order valence-corrected chi connectivity index (χ4v) is 3.39. The second kappa shape index (κ2) is 8.07. The smallest absolute Gasteiger partial charge is 0.263 e. The second-order valence-electron chi connectivity index (χ2n) is 5.76. The highest BCUT2D eigenvalue weighted by Crippen LogP contribution is 2.17. The van der Waals surface area contributed by atoms with Crippen molar-refractivity contribution >= 4 is 21.7 Å². The van der Waals surface area contributed by atoms with Gasteiger partial charge < -0.3 is 10.2 Å². The van der Waals surface area contributed by atoms with E-state index in [9.17, 15) is 8.42 Å². The van der Waals surface area contributed by atoms with Crippen molar-refractivity contribution in [3.8, 4) is 0 Å². The largest absolute Gasteiger partial charge is 0.369 e. The quantitative estimate of drug-likeness (QED) is 0.708. The van der Waals surface area contributed by atoms with E-state index in [0.717, 1.165) is 19.5 Å². The molecule has 7 nitrogen and oxygen atoms in total. The molecular weight excluding hydrogens is 326 g/mol. The summed E-state index contributed by atoms with van der Waals surface area (Å²) < 4.78 is 27.2. The molecule has 1 heterocycles. The van der Waals surface area contributed by atoms with E-state index >= 15 is 0 Å². The van der Waals surface area contributed by atoms with Gasteiger partial charge in [-0.2, -0.15) is 0 Å². The Morgan fingerprint density at radius 3 is 2.33 bits per heavy atom. The number of hydrogen-bond acceptors (Lipinski definition) is 6. The van der Waals surface area contributed by atoms with Crippen LogP contribution in [0.25, 0.3) is 0 Å². The lowest BCUT2D eigenvalue weighted by atomic mass is 10.2. The number of nitrogens with zero attached hydrogens (tertiary/aromatic N) is 3. The first-order valence-electron chi connectivity index (χ1n) is 7.69. The molecule has 0 saturated heterocycles. The van der Waals surface area contributed by atoms with E-state index in [1.54, 1.807) is 43.3 Å². The predicted octanol–water partition coefficient (Wildman–Crippen LogP) is 1.95. The van der Waals surface area contributed by atoms with Gasteiger partial charge in [0.05, 0.1) is 4.90 Å². The standard InChI is InChI=1S/C16H23N5O2S/c1-13-7-4-5-8-14(13)24(22,23)20-16-10-9-15(18-19-16)17-11-6-12-21(2)3/h4-5,7-10H,6,11-12H2,1-3H3,(H,17,18)(H,19,20). The van der Waals surface area contributed by atoms with Gasteiger partial charge in [0.15, 0.2) is 5.82 Å². The van der Waals surface area contributed by atoms with Gasteiger partial charge in [-0.3, -0.25) is 4.72 Å². The Morgan fingerprint density at radius 2 is 1.71 bits per heavy atom. The maximum atomic E-state index is 12.4. The molecule has 0 radical (unpaired) electrons. The number of sulfonamides is 1. The van der Waals surface area contributed by atoms with Gasteiger partial charge in [-0.1, -0.05) is 18.2 Å². The molecule has 2 aromatic rings. The Hall–Kier alpha value is -2.19. The Labute approximate surface area is 143 Å². The van der Waals surface area contributed by atoms with Gasteiger partial charge in [-0.25, -0.2) is 8.42 Å². The minimum absolute atomic E-state index is 0.192. The number of benzene rings is 1. The van der Waals surface area contributed by atoms with Crippen molar-refractivity contribution in [2.45, 2.75) is 18.2 Å². The SMILES string of the molecule is Cc1ccccc1S(=O)(=O)Nc1ccc(NCCCN(C)C)nn1. The van der Waals surface area contributed by atoms with Crippen LogP contribution in [0, 0.1) is 6.92 Å². The summed E-state index contributed by atoms with van der Waals surface area (Å²) in [6.45, 7) is 3.51. The summed E-state index contributed by atoms with van der Waals surface area (Å²) in [5, 5.41) is 11.1. The monoisotopic (exact) mass is 349 g/mol. The molecule has 0 aliphatic heterocycles. The molecule has 0 amide bonds. The van der Waals surface area contributed by atoms with Crippen LogP contribution >= 0.6 is 0 Å². The molecule has 0 aliphatic carbocycles. The number of nitrogens with one attached hydrogen (secondary N) is 2. The third-order valence-electron chi connectivity index (χ3n) is 3.37. The van der Waals surface area contributed by atoms with Crippen molar-refractivity contribution in [3.05, 3.63) is 42.0 Å². The second-order valence-corrected chi connectivity index (χ2v) is 7.41. The van der Waals surface area contributed by atoms with Crippen molar-refractivity contribution in [1.29, 1.82) is 0 Å². The first kappa shape index (κ1) is 18.2. The molecule has 2 rings (SSSR count). The van der Waals surface area contributed by atoms with Crippen LogP contribution in [0.2, 0.25) is 0 Å². The van der Waals surface area contributed by atoms with Crippen LogP contribution < -0.4 is 10.0 Å². The van der Waals surface area contributed by atoms with Crippen LogP contribution in [0.5, 0.6) is 0 Å². The molecule has 1 aromatic carbocycles. The Morgan fingerprint density at radius 1 is 1.04 bits per heavy atom. The number of aromatic nitrogens is 2. The number of anilines is 2. The topological polar surface area (TPSA) is 87.2 Å². The van der Waals surface area contributed by atoms with Crippen molar-refractivity contribution < 1.29 is 8.42 Å². The van der Waals surface area contributed by atoms with Gasteiger partial charge in [-0.15, -0.1) is 10.2 Å². The molecule has 2 N–H and O–H groups in total. The van der Waals surface area contributed by atoms with E-state index in [1.165, 1.54) is 0 Å². The van der Waals surface area contributed by atoms with Gasteiger partial charge in [-0.05, 0) is 57.7 Å². The average molecular weight is 349 g/mol. The lowest BCUT2D eigenvalue weighted by Crippen LogP contribution is -2.17. The van der Waals surface area contributed by atoms with Gasteiger partial charge >= 0.3 is 0 Å². The molecule has 0 unspecified atom stereocenters. The molecule has 0 spiro atoms. The van der Waals surface area contributed by atoms with Crippen molar-refractivity contribution in [2.75, 3.05) is 37.2 Å². The van der Waals surface area contributed by atoms with Crippen LogP contribution in [0.3, 0.4) is 0 Å². The minimum Gasteiger partial charge on any atom is -0.369 e. The molecular formula is C16H23N5O2S. The number of hydrogen-bond donors (Lipinski definition) is 2. The number of aryl methyl sites for hydroxylation is 1. The third kappa shape index (κ3) is 5.17. The average Bonchev–Trinajstić information content (AvgIpc) is 2.53. The van der Waals surface area contributed by atoms with Crippen LogP contribution in [-0.4, -0.2) is 50.7 Å². The first-order valence-corrected chi connectivity index (χ1v) is 9.17. The summed E-state index contributed by atoms with van der Waals surface area (Å²) in [6, 6.07) is 10.1. The Balaban J connectivity index is 1.97. The molecule has 130 valence electrons. The normalized spacial score (nSPS) is 11.5. The van der Waals surface area contributed by atoms with E-state index in [0.29, 0.717) is 11.4 Å². The third-order valence-corrected chi connectivity index (χ3v) is 4.89. The van der Waals surface area contributed by atoms with Gasteiger partial charge in [0.25, 0.3) is 10.0 Å². The van der Waals surface area contributed by atoms with Crippen molar-refractivity contribution in [1.82, 2.24) is 15.1 Å². The molecule has 0 saturated carbocycles. The summed E-state index contributed by atoms with van der Waals surface area (Å²) in [5.41, 5.74) is 0.678. The van der Waals surface area contributed by atoms with E-state index in [-0.39, 0.29) is 10.7 Å². The van der Waals surface area contributed by atoms with Gasteiger partial charge in [0, 0.05) is 6.54 Å². The first-order chi connectivity index (χ1) is 11.4. The highest BCUT2D eigenvalue weighted by atomic mass is 32.2. The van der Waals surface area contributed by atoms with Crippen molar-refractivity contribution in [3.63, 3.8) is 0 Å². The van der Waals surface area contributed by atoms with Crippen LogP contribution in [0.1, 0.15) is 12.0 Å². The lowest BCUT2D eigenvalue weighted by Gasteiger charge is -2.11. The fourth-order valence-electron chi connectivity index (χ4n) is 2.14. The zero-order chi connectivity index (χ0) is 17.6. The van der Waals surface area contributed by atoms with Crippen LogP contribution in [0.15, 0.2) is 41.3 Å². The van der Waals surface area contributed by atoms with E-state index in [4.69, 9.17) is 0 Å². The van der Waals surface area contributed by atoms with Gasteiger partial charge in [0.2, 0.25) is 0 Å². The van der Waals surface area contributed by atoms with Gasteiger partial charge in [0.1, 0.15) is 5.82 Å². The van der Waals surface area contributed by atoms with Crippen molar-refractivity contribution in [2.24, 2.45) is 0 Å². The highest BCUT2D eigenvalue weighted by Gasteiger charge is 2.17. The summed E-state index contributed by atoms with van der Waals surface area (Å²) in [4.78, 5) is 2.34. The molecule has 0 atom stereocenters. The summed E-state index contributed by atoms with van der Waals surface area (Å²) in [5.74, 6) is 0.810. The zero-order valence-electron chi connectivity index (χ0n) is 14.2. The summed E-state index contributed by atoms with van der Waals surface area (Å²) in [7, 11) is 0.380. The molecule has 0 aliphatic rings. The predicted molar refractivity (Wildman–Crippen MR) is 95.7 cm³/mol. The summed E-state index contributed by atoms with van der Waals surface area (Å²) >= 11 is 0. The fraction of sp³-hybridized carbons (Fsp3) is 0.375.